The minimum Gasteiger partial charge on any atom is -0.478 e. The number of rotatable bonds is 3. The van der Waals surface area contributed by atoms with E-state index in [9.17, 15) is 9.59 Å². The molecule has 17 heavy (non-hydrogen) atoms. The van der Waals surface area contributed by atoms with Crippen molar-refractivity contribution in [2.45, 2.75) is 13.8 Å². The maximum absolute atomic E-state index is 11.7. The standard InChI is InChI=1S/C12H12BrNO3/c1-7(8(2)12(16)17)11(15)14-10-5-3-9(13)4-6-10/h3-6H,1-2H3,(H,14,15)(H,16,17)/b8-7-. The van der Waals surface area contributed by atoms with E-state index in [1.807, 2.05) is 0 Å². The maximum atomic E-state index is 11.7. The molecule has 0 unspecified atom stereocenters. The summed E-state index contributed by atoms with van der Waals surface area (Å²) in [6.07, 6.45) is 0. The second-order valence-corrected chi connectivity index (χ2v) is 4.43. The van der Waals surface area contributed by atoms with E-state index in [2.05, 4.69) is 21.2 Å². The predicted octanol–water partition coefficient (Wildman–Crippen LogP) is 2.81. The molecule has 90 valence electrons. The summed E-state index contributed by atoms with van der Waals surface area (Å²) in [5.74, 6) is -1.50. The van der Waals surface area contributed by atoms with E-state index in [0.717, 1.165) is 4.47 Å². The highest BCUT2D eigenvalue weighted by Gasteiger charge is 2.12. The average Bonchev–Trinajstić information content (AvgIpc) is 2.30. The van der Waals surface area contributed by atoms with Crippen LogP contribution in [0.2, 0.25) is 0 Å². The predicted molar refractivity (Wildman–Crippen MR) is 68.8 cm³/mol. The molecule has 0 aromatic heterocycles. The van der Waals surface area contributed by atoms with Crippen LogP contribution in [0.5, 0.6) is 0 Å². The molecule has 0 aliphatic heterocycles. The van der Waals surface area contributed by atoms with Crippen molar-refractivity contribution >= 4 is 33.5 Å². The van der Waals surface area contributed by atoms with Crippen molar-refractivity contribution in [2.75, 3.05) is 5.32 Å². The topological polar surface area (TPSA) is 66.4 Å². The highest BCUT2D eigenvalue weighted by atomic mass is 79.9. The first-order valence-electron chi connectivity index (χ1n) is 4.89. The Morgan fingerprint density at radius 1 is 1.12 bits per heavy atom. The van der Waals surface area contributed by atoms with Crippen LogP contribution in [0.3, 0.4) is 0 Å². The van der Waals surface area contributed by atoms with Gasteiger partial charge in [-0.2, -0.15) is 0 Å². The number of anilines is 1. The zero-order chi connectivity index (χ0) is 13.0. The average molecular weight is 298 g/mol. The third kappa shape index (κ3) is 3.71. The molecule has 0 saturated heterocycles. The van der Waals surface area contributed by atoms with Crippen LogP contribution in [-0.4, -0.2) is 17.0 Å². The Morgan fingerprint density at radius 3 is 2.12 bits per heavy atom. The van der Waals surface area contributed by atoms with Gasteiger partial charge in [-0.15, -0.1) is 0 Å². The normalized spacial score (nSPS) is 11.7. The summed E-state index contributed by atoms with van der Waals surface area (Å²) in [7, 11) is 0. The van der Waals surface area contributed by atoms with Crippen molar-refractivity contribution in [1.82, 2.24) is 0 Å². The van der Waals surface area contributed by atoms with Gasteiger partial charge in [0.2, 0.25) is 0 Å². The quantitative estimate of drug-likeness (QED) is 0.843. The van der Waals surface area contributed by atoms with Gasteiger partial charge in [-0.05, 0) is 38.1 Å². The second-order valence-electron chi connectivity index (χ2n) is 3.52. The van der Waals surface area contributed by atoms with Crippen molar-refractivity contribution in [3.8, 4) is 0 Å². The fourth-order valence-electron chi connectivity index (χ4n) is 1.09. The molecule has 0 spiro atoms. The molecule has 1 rings (SSSR count). The van der Waals surface area contributed by atoms with Gasteiger partial charge in [0.25, 0.3) is 5.91 Å². The summed E-state index contributed by atoms with van der Waals surface area (Å²) in [5.41, 5.74) is 0.857. The lowest BCUT2D eigenvalue weighted by Gasteiger charge is -2.06. The van der Waals surface area contributed by atoms with Crippen molar-refractivity contribution in [3.05, 3.63) is 39.9 Å². The Bertz CT molecular complexity index is 477. The highest BCUT2D eigenvalue weighted by Crippen LogP contribution is 2.15. The van der Waals surface area contributed by atoms with Crippen LogP contribution in [0.1, 0.15) is 13.8 Å². The number of carboxylic acids is 1. The van der Waals surface area contributed by atoms with Gasteiger partial charge in [0.15, 0.2) is 0 Å². The molecule has 1 aromatic carbocycles. The molecule has 1 amide bonds. The third-order valence-corrected chi connectivity index (χ3v) is 2.85. The number of nitrogens with one attached hydrogen (secondary N) is 1. The third-order valence-electron chi connectivity index (χ3n) is 2.33. The summed E-state index contributed by atoms with van der Waals surface area (Å²) in [5, 5.41) is 11.4. The number of hydrogen-bond acceptors (Lipinski definition) is 2. The van der Waals surface area contributed by atoms with Crippen LogP contribution >= 0.6 is 15.9 Å². The Kier molecular flexibility index (Phi) is 4.45. The van der Waals surface area contributed by atoms with Crippen LogP contribution in [0.15, 0.2) is 39.9 Å². The van der Waals surface area contributed by atoms with Gasteiger partial charge in [-0.3, -0.25) is 4.79 Å². The monoisotopic (exact) mass is 297 g/mol. The molecule has 4 nitrogen and oxygen atoms in total. The summed E-state index contributed by atoms with van der Waals surface area (Å²) in [4.78, 5) is 22.4. The number of hydrogen-bond donors (Lipinski definition) is 2. The van der Waals surface area contributed by atoms with Crippen LogP contribution in [-0.2, 0) is 9.59 Å². The van der Waals surface area contributed by atoms with Gasteiger partial charge in [-0.25, -0.2) is 4.79 Å². The van der Waals surface area contributed by atoms with Gasteiger partial charge < -0.3 is 10.4 Å². The first-order valence-corrected chi connectivity index (χ1v) is 5.69. The zero-order valence-corrected chi connectivity index (χ0v) is 11.0. The Labute approximate surface area is 107 Å². The summed E-state index contributed by atoms with van der Waals surface area (Å²) >= 11 is 3.28. The van der Waals surface area contributed by atoms with Crippen molar-refractivity contribution in [2.24, 2.45) is 0 Å². The van der Waals surface area contributed by atoms with Gasteiger partial charge in [0.05, 0.1) is 0 Å². The van der Waals surface area contributed by atoms with E-state index in [1.165, 1.54) is 13.8 Å². The van der Waals surface area contributed by atoms with E-state index in [4.69, 9.17) is 5.11 Å². The number of carbonyl (C=O) groups is 2. The lowest BCUT2D eigenvalue weighted by molar-refractivity contribution is -0.133. The van der Waals surface area contributed by atoms with Crippen molar-refractivity contribution in [1.29, 1.82) is 0 Å². The van der Waals surface area contributed by atoms with Crippen molar-refractivity contribution in [3.63, 3.8) is 0 Å². The molecule has 0 aliphatic carbocycles. The van der Waals surface area contributed by atoms with Crippen LogP contribution in [0, 0.1) is 0 Å². The highest BCUT2D eigenvalue weighted by molar-refractivity contribution is 9.10. The molecular formula is C12H12BrNO3. The number of carboxylic acid groups (broad SMARTS) is 1. The molecule has 0 aliphatic rings. The smallest absolute Gasteiger partial charge is 0.331 e. The van der Waals surface area contributed by atoms with E-state index >= 15 is 0 Å². The summed E-state index contributed by atoms with van der Waals surface area (Å²) in [6, 6.07) is 7.04. The molecule has 0 fully saturated rings. The van der Waals surface area contributed by atoms with Gasteiger partial charge >= 0.3 is 5.97 Å². The molecular weight excluding hydrogens is 286 g/mol. The van der Waals surface area contributed by atoms with Gasteiger partial charge in [-0.1, -0.05) is 15.9 Å². The Balaban J connectivity index is 2.83. The van der Waals surface area contributed by atoms with E-state index in [1.54, 1.807) is 24.3 Å². The Hall–Kier alpha value is -1.62. The molecule has 1 aromatic rings. The molecule has 0 saturated carbocycles. The fraction of sp³-hybridized carbons (Fsp3) is 0.167. The van der Waals surface area contributed by atoms with Gasteiger partial charge in [0, 0.05) is 21.3 Å². The number of amides is 1. The second kappa shape index (κ2) is 5.63. The Morgan fingerprint density at radius 2 is 1.65 bits per heavy atom. The van der Waals surface area contributed by atoms with Crippen LogP contribution < -0.4 is 5.32 Å². The minimum atomic E-state index is -1.09. The first kappa shape index (κ1) is 13.4. The minimum absolute atomic E-state index is 0.0413. The lowest BCUT2D eigenvalue weighted by atomic mass is 10.1. The summed E-state index contributed by atoms with van der Waals surface area (Å²) < 4.78 is 0.907. The maximum Gasteiger partial charge on any atom is 0.331 e. The lowest BCUT2D eigenvalue weighted by Crippen LogP contribution is -2.16. The van der Waals surface area contributed by atoms with E-state index in [0.29, 0.717) is 5.69 Å². The zero-order valence-electron chi connectivity index (χ0n) is 9.45. The number of halogens is 1. The van der Waals surface area contributed by atoms with Crippen LogP contribution in [0.4, 0.5) is 5.69 Å². The largest absolute Gasteiger partial charge is 0.478 e. The first-order chi connectivity index (χ1) is 7.91. The molecule has 2 N–H and O–H groups in total. The molecule has 5 heteroatoms. The number of benzene rings is 1. The summed E-state index contributed by atoms with van der Waals surface area (Å²) in [6.45, 7) is 2.89. The number of aliphatic carboxylic acids is 1. The molecule has 0 bridgehead atoms. The van der Waals surface area contributed by atoms with Crippen LogP contribution in [0.25, 0.3) is 0 Å². The number of carbonyl (C=O) groups excluding carboxylic acids is 1. The van der Waals surface area contributed by atoms with Crippen molar-refractivity contribution < 1.29 is 14.7 Å². The SMILES string of the molecule is C/C(C(=O)O)=C(\C)C(=O)Nc1ccc(Br)cc1. The van der Waals surface area contributed by atoms with E-state index in [-0.39, 0.29) is 11.1 Å². The molecule has 0 heterocycles. The molecule has 0 radical (unpaired) electrons. The van der Waals surface area contributed by atoms with Gasteiger partial charge in [0.1, 0.15) is 0 Å². The van der Waals surface area contributed by atoms with E-state index < -0.39 is 11.9 Å². The molecule has 0 atom stereocenters. The fourth-order valence-corrected chi connectivity index (χ4v) is 1.35.